The molecule has 0 fully saturated rings. The Bertz CT molecular complexity index is 4040. The van der Waals surface area contributed by atoms with Crippen LogP contribution in [-0.2, 0) is 52.9 Å². The lowest BCUT2D eigenvalue weighted by atomic mass is 9.88. The van der Waals surface area contributed by atoms with Crippen LogP contribution >= 0.6 is 45.7 Å². The maximum absolute atomic E-state index is 11.3. The highest BCUT2D eigenvalue weighted by Crippen LogP contribution is 2.31. The fourth-order valence-corrected chi connectivity index (χ4v) is 11.4. The highest BCUT2D eigenvalue weighted by Gasteiger charge is 2.29. The summed E-state index contributed by atoms with van der Waals surface area (Å²) < 4.78 is 28.3. The van der Waals surface area contributed by atoms with Gasteiger partial charge in [0, 0.05) is 95.8 Å². The van der Waals surface area contributed by atoms with E-state index in [9.17, 15) is 9.59 Å². The van der Waals surface area contributed by atoms with E-state index in [0.717, 1.165) is 69.4 Å². The van der Waals surface area contributed by atoms with Crippen molar-refractivity contribution in [3.05, 3.63) is 160 Å². The van der Waals surface area contributed by atoms with Crippen molar-refractivity contribution >= 4 is 57.6 Å². The predicted octanol–water partition coefficient (Wildman–Crippen LogP) is 20.3. The zero-order valence-electron chi connectivity index (χ0n) is 70.2. The molecule has 10 heterocycles. The molecule has 0 radical (unpaired) electrons. The van der Waals surface area contributed by atoms with Gasteiger partial charge in [-0.05, 0) is 152 Å². The normalized spacial score (nSPS) is 12.6. The van der Waals surface area contributed by atoms with Crippen molar-refractivity contribution in [2.45, 2.75) is 269 Å². The summed E-state index contributed by atoms with van der Waals surface area (Å²) in [7, 11) is 0. The lowest BCUT2D eigenvalue weighted by Gasteiger charge is -2.36. The lowest BCUT2D eigenvalue weighted by Crippen LogP contribution is -2.46. The fraction of sp³-hybridized carbons (Fsp3) is 0.483. The van der Waals surface area contributed by atoms with E-state index in [1.165, 1.54) is 49.7 Å². The Hall–Kier alpha value is -9.74. The van der Waals surface area contributed by atoms with E-state index in [1.54, 1.807) is 48.3 Å². The van der Waals surface area contributed by atoms with Crippen molar-refractivity contribution in [2.24, 2.45) is 0 Å². The summed E-state index contributed by atoms with van der Waals surface area (Å²) in [6.45, 7) is 64.3. The van der Waals surface area contributed by atoms with E-state index >= 15 is 0 Å². The molecule has 8 aromatic rings. The van der Waals surface area contributed by atoms with Gasteiger partial charge >= 0.3 is 0 Å². The minimum atomic E-state index is -0.0272. The predicted molar refractivity (Wildman–Crippen MR) is 453 cm³/mol. The van der Waals surface area contributed by atoms with Gasteiger partial charge in [-0.2, -0.15) is 8.75 Å². The first kappa shape index (κ1) is 97.3. The van der Waals surface area contributed by atoms with Gasteiger partial charge in [0.05, 0.1) is 17.6 Å². The van der Waals surface area contributed by atoms with Gasteiger partial charge in [-0.25, -0.2) is 19.9 Å². The van der Waals surface area contributed by atoms with Crippen LogP contribution in [0.25, 0.3) is 0 Å². The second-order valence-corrected chi connectivity index (χ2v) is 38.3. The molecule has 0 saturated heterocycles. The van der Waals surface area contributed by atoms with E-state index in [1.807, 2.05) is 107 Å². The first-order chi connectivity index (χ1) is 49.9. The van der Waals surface area contributed by atoms with Crippen LogP contribution in [0.2, 0.25) is 0 Å². The van der Waals surface area contributed by atoms with Crippen molar-refractivity contribution in [2.75, 3.05) is 13.1 Å². The van der Waals surface area contributed by atoms with E-state index in [4.69, 9.17) is 69.3 Å². The van der Waals surface area contributed by atoms with Gasteiger partial charge in [-0.15, -0.1) is 74.1 Å². The summed E-state index contributed by atoms with van der Waals surface area (Å²) in [5.74, 6) is 22.4. The minimum Gasteiger partial charge on any atom is -0.438 e. The summed E-state index contributed by atoms with van der Waals surface area (Å²) in [6.07, 6.45) is 56.3. The van der Waals surface area contributed by atoms with E-state index in [2.05, 4.69) is 232 Å². The van der Waals surface area contributed by atoms with Crippen LogP contribution < -0.4 is 0 Å². The SMILES string of the molecule is C#Cc1cc(C(C)(C)C)on1.C#Cc1cc(C(C)(C)C)sn1.C#Cc1nc(C(C)(C)C)co1.C#Cc1nc(C(C)(C)C)cs1.C#Cc1ncc(C(C)(C)C)o1.C#Cc1ncc(C(C)(C)C)s1.C#Cc1nocc1C(C)(C)C.C#Cc1nscc1C(C)(C)C.CC(C)(C)N1CC=CC1=O.CC(C)(C)N1CCC=CC1=O. The molecule has 16 nitrogen and oxygen atoms in total. The molecule has 0 N–H and O–H groups in total. The molecule has 2 aliphatic heterocycles. The topological polar surface area (TPSA) is 196 Å². The molecule has 582 valence electrons. The summed E-state index contributed by atoms with van der Waals surface area (Å²) in [5, 5.41) is 13.0. The number of thiazole rings is 2. The van der Waals surface area contributed by atoms with Crippen molar-refractivity contribution in [3.63, 3.8) is 0 Å². The molecule has 109 heavy (non-hydrogen) atoms. The van der Waals surface area contributed by atoms with Gasteiger partial charge in [0.15, 0.2) is 21.4 Å². The average molecular weight is 1550 g/mol. The quantitative estimate of drug-likeness (QED) is 0.130. The Kier molecular flexibility index (Phi) is 37.2. The van der Waals surface area contributed by atoms with Gasteiger partial charge in [0.2, 0.25) is 11.8 Å². The number of nitrogens with zero attached hydrogens (tertiary/aromatic N) is 10. The third kappa shape index (κ3) is 35.0. The number of terminal acetylenes is 8. The standard InChI is InChI=1S/C9H15NO.4C9H11NO.4C9H11NS.C8H13NO/c1-9(2,3)10-7-5-4-6-8(10)11;1-5-8-10-7(6-11-8)9(2,3)4;1-5-8-10-6-7(11-8)9(2,3)4;1-5-8-7(6-11-10-8)9(2,3)4;1-5-7-6-8(11-10-7)9(2,3)4;1-5-8-10-7(6-11-8)9(2,3)4;1-5-8-10-6-7(11-8)9(2,3)4;1-5-8-7(6-11-10-8)9(2,3)4;1-5-7-6-8(11-10-7)9(2,3)4;1-8(2,3)9-6-4-5-7(9)10/h4,6H,5,7H2,1-3H3;8*1,6H,2-4H3;4-5H,6H2,1-3H3. The molecule has 0 aromatic carbocycles. The Balaban J connectivity index is 0.000000606. The number of hydrogen-bond donors (Lipinski definition) is 0. The van der Waals surface area contributed by atoms with Gasteiger partial charge in [-0.3, -0.25) is 9.59 Å². The van der Waals surface area contributed by atoms with Crippen molar-refractivity contribution in [1.82, 2.24) is 48.8 Å². The van der Waals surface area contributed by atoms with Crippen molar-refractivity contribution in [1.29, 1.82) is 0 Å². The molecule has 20 heteroatoms. The Morgan fingerprint density at radius 2 is 0.982 bits per heavy atom. The summed E-state index contributed by atoms with van der Waals surface area (Å²) in [5.41, 5.74) is 7.38. The zero-order valence-corrected chi connectivity index (χ0v) is 73.5. The second kappa shape index (κ2) is 41.7. The number of carbonyl (C=O) groups excluding carboxylic acids is 2. The number of rotatable bonds is 0. The van der Waals surface area contributed by atoms with E-state index in [-0.39, 0.29) is 66.2 Å². The number of aromatic nitrogens is 8. The van der Waals surface area contributed by atoms with Crippen LogP contribution in [0.1, 0.15) is 302 Å². The van der Waals surface area contributed by atoms with Crippen molar-refractivity contribution in [3.8, 4) is 98.8 Å². The van der Waals surface area contributed by atoms with Crippen LogP contribution in [0.5, 0.6) is 0 Å². The van der Waals surface area contributed by atoms with Crippen LogP contribution in [-0.4, -0.2) is 84.8 Å². The van der Waals surface area contributed by atoms with Gasteiger partial charge in [0.25, 0.3) is 11.8 Å². The largest absolute Gasteiger partial charge is 0.438 e. The average Bonchev–Trinajstić information content (AvgIpc) is 1.34. The summed E-state index contributed by atoms with van der Waals surface area (Å²) >= 11 is 6.04. The highest BCUT2D eigenvalue weighted by molar-refractivity contribution is 7.12. The molecular formula is C89H116N10O6S4. The molecule has 2 aliphatic rings. The van der Waals surface area contributed by atoms with E-state index in [0.29, 0.717) is 23.2 Å². The molecule has 8 aromatic heterocycles. The third-order valence-corrected chi connectivity index (χ3v) is 18.8. The van der Waals surface area contributed by atoms with Gasteiger partial charge < -0.3 is 27.7 Å². The number of carbonyl (C=O) groups is 2. The Morgan fingerprint density at radius 3 is 1.28 bits per heavy atom. The van der Waals surface area contributed by atoms with Crippen molar-refractivity contribution < 1.29 is 27.5 Å². The molecule has 0 bridgehead atoms. The highest BCUT2D eigenvalue weighted by atomic mass is 32.1. The molecular weight excluding hydrogens is 1430 g/mol. The van der Waals surface area contributed by atoms with Crippen LogP contribution in [0.3, 0.4) is 0 Å². The first-order valence-corrected chi connectivity index (χ1v) is 38.6. The summed E-state index contributed by atoms with van der Waals surface area (Å²) in [6, 6.07) is 3.77. The maximum atomic E-state index is 11.3. The number of amides is 2. The zero-order chi connectivity index (χ0) is 84.1. The van der Waals surface area contributed by atoms with Crippen LogP contribution in [0.15, 0.2) is 90.0 Å². The van der Waals surface area contributed by atoms with Gasteiger partial charge in [-0.1, -0.05) is 189 Å². The maximum Gasteiger partial charge on any atom is 0.273 e. The lowest BCUT2D eigenvalue weighted by molar-refractivity contribution is -0.131. The van der Waals surface area contributed by atoms with E-state index < -0.39 is 0 Å². The minimum absolute atomic E-state index is 0.0118. The first-order valence-electron chi connectivity index (χ1n) is 35.3. The molecule has 0 spiro atoms. The smallest absolute Gasteiger partial charge is 0.273 e. The van der Waals surface area contributed by atoms with Crippen LogP contribution in [0.4, 0.5) is 0 Å². The molecule has 0 aliphatic carbocycles. The Labute approximate surface area is 670 Å². The Morgan fingerprint density at radius 1 is 0.450 bits per heavy atom. The second-order valence-electron chi connectivity index (χ2n) is 35.0. The summed E-state index contributed by atoms with van der Waals surface area (Å²) in [4.78, 5) is 44.9. The molecule has 2 amide bonds. The third-order valence-electron chi connectivity index (χ3n) is 14.8. The number of oxazole rings is 2. The fourth-order valence-electron chi connectivity index (χ4n) is 8.18. The molecule has 10 rings (SSSR count). The molecule has 0 saturated carbocycles. The molecule has 0 unspecified atom stereocenters. The monoisotopic (exact) mass is 1550 g/mol. The van der Waals surface area contributed by atoms with Gasteiger partial charge in [0.1, 0.15) is 35.4 Å². The number of hydrogen-bond acceptors (Lipinski definition) is 18. The molecule has 0 atom stereocenters. The van der Waals surface area contributed by atoms with Crippen LogP contribution in [0, 0.1) is 98.8 Å².